The molecule has 0 spiro atoms. The SMILES string of the molecule is C1=CC=CC=CC2=C(C=CC=C1)NCCO2. The number of rotatable bonds is 0. The molecule has 0 atom stereocenters. The monoisotopic (exact) mass is 213 g/mol. The van der Waals surface area contributed by atoms with E-state index in [2.05, 4.69) is 5.32 Å². The van der Waals surface area contributed by atoms with Gasteiger partial charge in [0.1, 0.15) is 12.4 Å². The van der Waals surface area contributed by atoms with E-state index in [1.165, 1.54) is 0 Å². The molecule has 0 fully saturated rings. The Balaban J connectivity index is 2.27. The van der Waals surface area contributed by atoms with Crippen molar-refractivity contribution in [1.29, 1.82) is 0 Å². The van der Waals surface area contributed by atoms with E-state index in [1.807, 2.05) is 60.8 Å². The van der Waals surface area contributed by atoms with Crippen molar-refractivity contribution >= 4 is 0 Å². The fourth-order valence-electron chi connectivity index (χ4n) is 1.47. The highest BCUT2D eigenvalue weighted by atomic mass is 16.5. The molecule has 0 saturated heterocycles. The van der Waals surface area contributed by atoms with Crippen LogP contribution in [0.4, 0.5) is 0 Å². The average molecular weight is 213 g/mol. The standard InChI is InChI=1S/C14H15NO/c1-2-4-6-8-10-14-13(9-7-5-3-1)15-11-12-16-14/h1-10,15H,11-12H2. The molecule has 2 rings (SSSR count). The second-order valence-electron chi connectivity index (χ2n) is 3.43. The van der Waals surface area contributed by atoms with Crippen LogP contribution in [0.2, 0.25) is 0 Å². The number of hydrogen-bond donors (Lipinski definition) is 1. The van der Waals surface area contributed by atoms with Gasteiger partial charge in [-0.05, 0) is 12.2 Å². The van der Waals surface area contributed by atoms with E-state index in [4.69, 9.17) is 4.74 Å². The third-order valence-electron chi connectivity index (χ3n) is 2.23. The highest BCUT2D eigenvalue weighted by Crippen LogP contribution is 2.11. The second-order valence-corrected chi connectivity index (χ2v) is 3.43. The minimum Gasteiger partial charge on any atom is -0.490 e. The summed E-state index contributed by atoms with van der Waals surface area (Å²) >= 11 is 0. The van der Waals surface area contributed by atoms with Gasteiger partial charge in [0.05, 0.1) is 5.70 Å². The highest BCUT2D eigenvalue weighted by molar-refractivity contribution is 5.33. The third-order valence-corrected chi connectivity index (χ3v) is 2.23. The molecule has 0 saturated carbocycles. The van der Waals surface area contributed by atoms with Gasteiger partial charge < -0.3 is 10.1 Å². The predicted molar refractivity (Wildman–Crippen MR) is 66.7 cm³/mol. The molecule has 1 aliphatic carbocycles. The van der Waals surface area contributed by atoms with Crippen LogP contribution >= 0.6 is 0 Å². The lowest BCUT2D eigenvalue weighted by Crippen LogP contribution is -2.25. The smallest absolute Gasteiger partial charge is 0.142 e. The van der Waals surface area contributed by atoms with Crippen molar-refractivity contribution in [2.45, 2.75) is 0 Å². The molecule has 2 aliphatic rings. The molecule has 0 radical (unpaired) electrons. The largest absolute Gasteiger partial charge is 0.490 e. The molecule has 0 aromatic heterocycles. The van der Waals surface area contributed by atoms with Crippen LogP contribution in [0.15, 0.2) is 72.2 Å². The number of hydrogen-bond acceptors (Lipinski definition) is 2. The van der Waals surface area contributed by atoms with E-state index >= 15 is 0 Å². The van der Waals surface area contributed by atoms with Crippen LogP contribution in [0.1, 0.15) is 0 Å². The highest BCUT2D eigenvalue weighted by Gasteiger charge is 2.07. The molecule has 1 N–H and O–H groups in total. The Hall–Kier alpha value is -1.96. The molecule has 1 aliphatic heterocycles. The zero-order chi connectivity index (χ0) is 11.1. The summed E-state index contributed by atoms with van der Waals surface area (Å²) in [6.07, 6.45) is 19.9. The Morgan fingerprint density at radius 2 is 1.44 bits per heavy atom. The minimum atomic E-state index is 0.719. The summed E-state index contributed by atoms with van der Waals surface area (Å²) in [7, 11) is 0. The van der Waals surface area contributed by atoms with Gasteiger partial charge in [-0.1, -0.05) is 48.6 Å². The lowest BCUT2D eigenvalue weighted by Gasteiger charge is -2.18. The molecule has 16 heavy (non-hydrogen) atoms. The summed E-state index contributed by atoms with van der Waals surface area (Å²) in [6.45, 7) is 1.58. The van der Waals surface area contributed by atoms with Gasteiger partial charge in [-0.3, -0.25) is 0 Å². The van der Waals surface area contributed by atoms with Crippen LogP contribution in [0.25, 0.3) is 0 Å². The first kappa shape index (κ1) is 10.6. The molecule has 0 unspecified atom stereocenters. The number of allylic oxidation sites excluding steroid dienone is 10. The van der Waals surface area contributed by atoms with Crippen molar-refractivity contribution in [2.75, 3.05) is 13.2 Å². The van der Waals surface area contributed by atoms with Crippen LogP contribution in [0, 0.1) is 0 Å². The third kappa shape index (κ3) is 3.02. The molecule has 2 heteroatoms. The first-order valence-corrected chi connectivity index (χ1v) is 5.42. The van der Waals surface area contributed by atoms with E-state index < -0.39 is 0 Å². The van der Waals surface area contributed by atoms with Crippen LogP contribution < -0.4 is 5.32 Å². The van der Waals surface area contributed by atoms with Crippen LogP contribution in [0.5, 0.6) is 0 Å². The second kappa shape index (κ2) is 5.81. The quantitative estimate of drug-likeness (QED) is 0.668. The Morgan fingerprint density at radius 1 is 0.812 bits per heavy atom. The van der Waals surface area contributed by atoms with Gasteiger partial charge in [-0.2, -0.15) is 0 Å². The summed E-state index contributed by atoms with van der Waals surface area (Å²) in [5.41, 5.74) is 1.03. The summed E-state index contributed by atoms with van der Waals surface area (Å²) < 4.78 is 5.59. The van der Waals surface area contributed by atoms with E-state index in [9.17, 15) is 0 Å². The van der Waals surface area contributed by atoms with Crippen LogP contribution in [0.3, 0.4) is 0 Å². The van der Waals surface area contributed by atoms with E-state index in [0.717, 1.165) is 24.6 Å². The fraction of sp³-hybridized carbons (Fsp3) is 0.143. The van der Waals surface area contributed by atoms with Gasteiger partial charge >= 0.3 is 0 Å². The Morgan fingerprint density at radius 3 is 2.19 bits per heavy atom. The molecule has 0 amide bonds. The maximum absolute atomic E-state index is 5.59. The summed E-state index contributed by atoms with van der Waals surface area (Å²) in [4.78, 5) is 0. The van der Waals surface area contributed by atoms with E-state index in [-0.39, 0.29) is 0 Å². The predicted octanol–water partition coefficient (Wildman–Crippen LogP) is 2.61. The van der Waals surface area contributed by atoms with Crippen molar-refractivity contribution in [3.05, 3.63) is 72.2 Å². The molecular formula is C14H15NO. The van der Waals surface area contributed by atoms with Gasteiger partial charge in [0.2, 0.25) is 0 Å². The molecular weight excluding hydrogens is 198 g/mol. The summed E-state index contributed by atoms with van der Waals surface area (Å²) in [5.74, 6) is 0.894. The lowest BCUT2D eigenvalue weighted by atomic mass is 10.2. The molecule has 1 heterocycles. The zero-order valence-electron chi connectivity index (χ0n) is 9.10. The average Bonchev–Trinajstić information content (AvgIpc) is 2.30. The van der Waals surface area contributed by atoms with Gasteiger partial charge in [0.15, 0.2) is 0 Å². The van der Waals surface area contributed by atoms with E-state index in [0.29, 0.717) is 0 Å². The first-order valence-electron chi connectivity index (χ1n) is 5.42. The molecule has 2 nitrogen and oxygen atoms in total. The normalized spacial score (nSPS) is 19.5. The molecule has 0 bridgehead atoms. The van der Waals surface area contributed by atoms with Crippen LogP contribution in [-0.2, 0) is 4.74 Å². The number of ether oxygens (including phenoxy) is 1. The van der Waals surface area contributed by atoms with Crippen molar-refractivity contribution in [1.82, 2.24) is 5.32 Å². The minimum absolute atomic E-state index is 0.719. The topological polar surface area (TPSA) is 21.3 Å². The van der Waals surface area contributed by atoms with E-state index in [1.54, 1.807) is 0 Å². The van der Waals surface area contributed by atoms with Gasteiger partial charge in [0.25, 0.3) is 0 Å². The maximum atomic E-state index is 5.59. The summed E-state index contributed by atoms with van der Waals surface area (Å²) in [5, 5.41) is 3.31. The Kier molecular flexibility index (Phi) is 3.83. The summed E-state index contributed by atoms with van der Waals surface area (Å²) in [6, 6.07) is 0. The zero-order valence-corrected chi connectivity index (χ0v) is 9.10. The first-order chi connectivity index (χ1) is 7.97. The van der Waals surface area contributed by atoms with Crippen molar-refractivity contribution in [3.8, 4) is 0 Å². The Bertz CT molecular complexity index is 370. The van der Waals surface area contributed by atoms with Crippen molar-refractivity contribution < 1.29 is 4.74 Å². The fourth-order valence-corrected chi connectivity index (χ4v) is 1.47. The maximum Gasteiger partial charge on any atom is 0.142 e. The molecule has 0 aromatic rings. The Labute approximate surface area is 96.0 Å². The number of nitrogens with one attached hydrogen (secondary N) is 1. The van der Waals surface area contributed by atoms with Crippen molar-refractivity contribution in [2.24, 2.45) is 0 Å². The van der Waals surface area contributed by atoms with Gasteiger partial charge in [-0.15, -0.1) is 0 Å². The van der Waals surface area contributed by atoms with Crippen LogP contribution in [-0.4, -0.2) is 13.2 Å². The lowest BCUT2D eigenvalue weighted by molar-refractivity contribution is 0.206. The van der Waals surface area contributed by atoms with Gasteiger partial charge in [0, 0.05) is 6.54 Å². The van der Waals surface area contributed by atoms with Gasteiger partial charge in [-0.25, -0.2) is 0 Å². The molecule has 82 valence electrons. The molecule has 0 aromatic carbocycles. The van der Waals surface area contributed by atoms with Crippen molar-refractivity contribution in [3.63, 3.8) is 0 Å².